The van der Waals surface area contributed by atoms with Gasteiger partial charge in [0.1, 0.15) is 11.9 Å². The number of aliphatic carboxylic acids is 1. The Bertz CT molecular complexity index is 1430. The number of benzene rings is 1. The third kappa shape index (κ3) is 9.30. The molecule has 6 nitrogen and oxygen atoms in total. The fourth-order valence-corrected chi connectivity index (χ4v) is 11.4. The minimum atomic E-state index is -0.780. The Labute approximate surface area is 297 Å². The number of carbonyl (C=O) groups is 1. The highest BCUT2D eigenvalue weighted by Gasteiger charge is 2.32. The van der Waals surface area contributed by atoms with E-state index >= 15 is 0 Å². The molecule has 11 heteroatoms. The van der Waals surface area contributed by atoms with Gasteiger partial charge in [0.05, 0.1) is 8.68 Å². The molecule has 0 saturated carbocycles. The summed E-state index contributed by atoms with van der Waals surface area (Å²) in [6.07, 6.45) is 14.4. The molecule has 3 aliphatic rings. The molecule has 1 N–H and O–H groups in total. The first-order valence-corrected chi connectivity index (χ1v) is 20.2. The molecule has 0 aliphatic carbocycles. The number of nitrogens with zero attached hydrogens (tertiary/aromatic N) is 4. The molecule has 45 heavy (non-hydrogen) atoms. The summed E-state index contributed by atoms with van der Waals surface area (Å²) in [5, 5.41) is 12.1. The van der Waals surface area contributed by atoms with Gasteiger partial charge in [-0.1, -0.05) is 56.4 Å². The maximum Gasteiger partial charge on any atom is 0.322 e. The molecular weight excluding hydrogens is 752 g/mol. The number of unbranched alkanes of at least 4 members (excludes halogenated alkanes) is 2. The van der Waals surface area contributed by atoms with Crippen molar-refractivity contribution in [1.82, 2.24) is 13.6 Å². The molecule has 0 amide bonds. The van der Waals surface area contributed by atoms with Crippen molar-refractivity contribution in [1.29, 1.82) is 0 Å². The van der Waals surface area contributed by atoms with Gasteiger partial charge in [-0.05, 0) is 123 Å². The molecule has 2 saturated heterocycles. The number of anilines is 1. The molecule has 6 rings (SSSR count). The summed E-state index contributed by atoms with van der Waals surface area (Å²) in [5.41, 5.74) is 2.33. The van der Waals surface area contributed by atoms with Gasteiger partial charge in [-0.3, -0.25) is 4.79 Å². The number of hydrogen-bond donors (Lipinski definition) is 1. The van der Waals surface area contributed by atoms with Gasteiger partial charge >= 0.3 is 5.97 Å². The lowest BCUT2D eigenvalue weighted by atomic mass is 9.89. The van der Waals surface area contributed by atoms with Crippen molar-refractivity contribution < 1.29 is 9.90 Å². The fourth-order valence-electron chi connectivity index (χ4n) is 6.87. The predicted octanol–water partition coefficient (Wildman–Crippen LogP) is 9.77. The van der Waals surface area contributed by atoms with Crippen LogP contribution in [0.2, 0.25) is 0 Å². The summed E-state index contributed by atoms with van der Waals surface area (Å²) < 4.78 is 8.10. The molecule has 1 atom stereocenters. The molecule has 242 valence electrons. The molecule has 3 aliphatic heterocycles. The van der Waals surface area contributed by atoms with E-state index in [9.17, 15) is 9.90 Å². The van der Waals surface area contributed by atoms with E-state index < -0.39 is 12.0 Å². The minimum Gasteiger partial charge on any atom is -0.480 e. The van der Waals surface area contributed by atoms with Crippen molar-refractivity contribution in [3.8, 4) is 0 Å². The van der Waals surface area contributed by atoms with Crippen LogP contribution in [0.3, 0.4) is 0 Å². The molecule has 0 spiro atoms. The molecule has 0 radical (unpaired) electrons. The molecular formula is C34H42Br2N4O2S3. The van der Waals surface area contributed by atoms with E-state index in [-0.39, 0.29) is 0 Å². The largest absolute Gasteiger partial charge is 0.480 e. The van der Waals surface area contributed by atoms with Crippen molar-refractivity contribution in [3.05, 3.63) is 68.0 Å². The lowest BCUT2D eigenvalue weighted by molar-refractivity contribution is -0.141. The number of carboxylic acids is 1. The number of hydrogen-bond acceptors (Lipinski definition) is 8. The Morgan fingerprint density at radius 1 is 0.933 bits per heavy atom. The maximum absolute atomic E-state index is 12.1. The van der Waals surface area contributed by atoms with E-state index in [4.69, 9.17) is 4.98 Å². The summed E-state index contributed by atoms with van der Waals surface area (Å²) in [6.45, 7) is 5.14. The van der Waals surface area contributed by atoms with Gasteiger partial charge in [0, 0.05) is 53.7 Å². The molecule has 5 heterocycles. The highest BCUT2D eigenvalue weighted by Crippen LogP contribution is 2.38. The quantitative estimate of drug-likeness (QED) is 0.144. The van der Waals surface area contributed by atoms with E-state index in [1.165, 1.54) is 97.1 Å². The van der Waals surface area contributed by atoms with Crippen LogP contribution in [0.4, 0.5) is 5.82 Å². The smallest absolute Gasteiger partial charge is 0.322 e. The first-order valence-electron chi connectivity index (χ1n) is 16.2. The third-order valence-electron chi connectivity index (χ3n) is 9.48. The normalized spacial score (nSPS) is 20.4. The molecule has 3 aromatic rings. The standard InChI is InChI=1S/C34H42Br2N4O2S3/c35-28-19-32(43-23-28)45-39-16-12-25(13-17-39)7-3-1-2-6-24-10-14-38(15-11-24)33-30(36)20-29(21-37-33)44-40-22-27-9-5-4-8-26(27)18-31(40)34(41)42/h4-5,8-9,19-21,23-25,31H,1-3,6-7,10-18,22H2,(H,41,42). The van der Waals surface area contributed by atoms with E-state index in [1.54, 1.807) is 0 Å². The van der Waals surface area contributed by atoms with Crippen molar-refractivity contribution in [3.63, 3.8) is 0 Å². The summed E-state index contributed by atoms with van der Waals surface area (Å²) in [7, 11) is 0. The van der Waals surface area contributed by atoms with Crippen LogP contribution in [0, 0.1) is 11.8 Å². The second kappa shape index (κ2) is 16.3. The zero-order valence-electron chi connectivity index (χ0n) is 25.6. The Kier molecular flexibility index (Phi) is 12.3. The molecule has 0 bridgehead atoms. The topological polar surface area (TPSA) is 59.9 Å². The van der Waals surface area contributed by atoms with Crippen molar-refractivity contribution in [2.24, 2.45) is 11.8 Å². The number of fused-ring (bicyclic) bond motifs is 1. The van der Waals surface area contributed by atoms with E-state index in [1.807, 2.05) is 52.0 Å². The van der Waals surface area contributed by atoms with Crippen LogP contribution in [0.15, 0.2) is 66.0 Å². The van der Waals surface area contributed by atoms with Crippen molar-refractivity contribution >= 4 is 78.9 Å². The van der Waals surface area contributed by atoms with Gasteiger partial charge in [0.15, 0.2) is 0 Å². The monoisotopic (exact) mass is 792 g/mol. The number of halogens is 2. The number of carboxylic acid groups (broad SMARTS) is 1. The van der Waals surface area contributed by atoms with Gasteiger partial charge in [0.25, 0.3) is 0 Å². The van der Waals surface area contributed by atoms with Gasteiger partial charge in [-0.15, -0.1) is 11.3 Å². The van der Waals surface area contributed by atoms with E-state index in [0.29, 0.717) is 13.0 Å². The van der Waals surface area contributed by atoms with Crippen LogP contribution in [0.5, 0.6) is 0 Å². The zero-order valence-corrected chi connectivity index (χ0v) is 31.2. The number of aromatic nitrogens is 1. The van der Waals surface area contributed by atoms with Crippen molar-refractivity contribution in [2.45, 2.75) is 85.9 Å². The van der Waals surface area contributed by atoms with E-state index in [2.05, 4.69) is 64.6 Å². The van der Waals surface area contributed by atoms with Crippen LogP contribution in [-0.4, -0.2) is 56.9 Å². The first-order chi connectivity index (χ1) is 21.9. The minimum absolute atomic E-state index is 0.522. The van der Waals surface area contributed by atoms with E-state index in [0.717, 1.165) is 45.7 Å². The zero-order chi connectivity index (χ0) is 31.2. The Morgan fingerprint density at radius 3 is 2.27 bits per heavy atom. The average Bonchev–Trinajstić information content (AvgIpc) is 3.46. The second-order valence-electron chi connectivity index (χ2n) is 12.6. The third-order valence-corrected chi connectivity index (χ3v) is 14.0. The summed E-state index contributed by atoms with van der Waals surface area (Å²) in [4.78, 5) is 20.3. The lowest BCUT2D eigenvalue weighted by Crippen LogP contribution is -2.41. The van der Waals surface area contributed by atoms with Crippen LogP contribution < -0.4 is 4.90 Å². The number of rotatable bonds is 12. The first kappa shape index (κ1) is 33.8. The fraction of sp³-hybridized carbons (Fsp3) is 0.529. The second-order valence-corrected chi connectivity index (χ2v) is 17.8. The highest BCUT2D eigenvalue weighted by atomic mass is 79.9. The summed E-state index contributed by atoms with van der Waals surface area (Å²) in [5.74, 6) is 1.95. The lowest BCUT2D eigenvalue weighted by Gasteiger charge is -2.34. The molecule has 1 aromatic carbocycles. The summed E-state index contributed by atoms with van der Waals surface area (Å²) >= 11 is 12.6. The maximum atomic E-state index is 12.1. The number of piperidine rings is 2. The molecule has 1 unspecified atom stereocenters. The van der Waals surface area contributed by atoms with Crippen LogP contribution in [-0.2, 0) is 17.8 Å². The van der Waals surface area contributed by atoms with Crippen molar-refractivity contribution in [2.75, 3.05) is 31.1 Å². The van der Waals surface area contributed by atoms with Gasteiger partial charge in [0.2, 0.25) is 0 Å². The predicted molar refractivity (Wildman–Crippen MR) is 195 cm³/mol. The number of thiophene rings is 1. The SMILES string of the molecule is O=C(O)C1Cc2ccccc2CN1Sc1cnc(N2CCC(CCCCCC3CCN(Sc4cc(Br)cs4)CC3)CC2)c(Br)c1. The Hall–Kier alpha value is -1.08. The van der Waals surface area contributed by atoms with Gasteiger partial charge < -0.3 is 10.0 Å². The Morgan fingerprint density at radius 2 is 1.62 bits per heavy atom. The van der Waals surface area contributed by atoms with Gasteiger partial charge in [-0.25, -0.2) is 13.6 Å². The van der Waals surface area contributed by atoms with Crippen LogP contribution in [0.1, 0.15) is 68.9 Å². The summed E-state index contributed by atoms with van der Waals surface area (Å²) in [6, 6.07) is 11.9. The average molecular weight is 795 g/mol. The Balaban J connectivity index is 0.884. The molecule has 2 aromatic heterocycles. The highest BCUT2D eigenvalue weighted by molar-refractivity contribution is 9.10. The van der Waals surface area contributed by atoms with Crippen LogP contribution >= 0.6 is 67.1 Å². The molecule has 2 fully saturated rings. The van der Waals surface area contributed by atoms with Gasteiger partial charge in [-0.2, -0.15) is 0 Å². The van der Waals surface area contributed by atoms with Crippen LogP contribution in [0.25, 0.3) is 0 Å². The number of pyridine rings is 1.